The Morgan fingerprint density at radius 2 is 1.45 bits per heavy atom. The zero-order valence-electron chi connectivity index (χ0n) is 26.7. The number of carbonyl (C=O) groups is 7. The Morgan fingerprint density at radius 3 is 2.00 bits per heavy atom. The molecule has 0 aromatic carbocycles. The molecule has 2 heterocycles. The van der Waals surface area contributed by atoms with E-state index in [2.05, 4.69) is 26.6 Å². The minimum Gasteiger partial charge on any atom is -0.481 e. The minimum absolute atomic E-state index is 0.0293. The Bertz CT molecular complexity index is 1170. The maximum Gasteiger partial charge on any atom is 0.327 e. The van der Waals surface area contributed by atoms with E-state index in [0.717, 1.165) is 21.6 Å². The summed E-state index contributed by atoms with van der Waals surface area (Å²) in [6.07, 6.45) is -2.73. The molecule has 2 aliphatic rings. The van der Waals surface area contributed by atoms with Gasteiger partial charge < -0.3 is 41.5 Å². The molecule has 0 aromatic heterocycles. The number of aliphatic hydroxyl groups excluding tert-OH is 1. The predicted octanol–water partition coefficient (Wildman–Crippen LogP) is -1.12. The van der Waals surface area contributed by atoms with Crippen molar-refractivity contribution < 1.29 is 48.9 Å². The number of rotatable bonds is 8. The van der Waals surface area contributed by atoms with Gasteiger partial charge in [-0.2, -0.15) is 0 Å². The lowest BCUT2D eigenvalue weighted by Gasteiger charge is -2.32. The molecule has 1 unspecified atom stereocenters. The van der Waals surface area contributed by atoms with Crippen molar-refractivity contribution in [3.8, 4) is 0 Å². The summed E-state index contributed by atoms with van der Waals surface area (Å²) in [5.74, 6) is -6.18. The first-order valence-corrected chi connectivity index (χ1v) is 19.9. The van der Waals surface area contributed by atoms with Gasteiger partial charge in [0.2, 0.25) is 23.6 Å². The molecule has 2 aliphatic heterocycles. The van der Waals surface area contributed by atoms with Gasteiger partial charge in [0.25, 0.3) is 0 Å². The molecule has 47 heavy (non-hydrogen) atoms. The number of aliphatic carboxylic acids is 2. The van der Waals surface area contributed by atoms with Crippen molar-refractivity contribution in [3.63, 3.8) is 0 Å². The second-order valence-electron chi connectivity index (χ2n) is 11.3. The lowest BCUT2D eigenvalue weighted by molar-refractivity contribution is -0.146. The number of carboxylic acids is 2. The highest BCUT2D eigenvalue weighted by atomic mass is 33.1. The fourth-order valence-corrected chi connectivity index (χ4v) is 9.48. The van der Waals surface area contributed by atoms with Crippen LogP contribution in [0.2, 0.25) is 0 Å². The highest BCUT2D eigenvalue weighted by molar-refractivity contribution is 8.77. The van der Waals surface area contributed by atoms with E-state index in [0.29, 0.717) is 6.54 Å². The largest absolute Gasteiger partial charge is 0.481 e. The Hall–Kier alpha value is -2.23. The summed E-state index contributed by atoms with van der Waals surface area (Å²) in [4.78, 5) is 91.0. The maximum atomic E-state index is 13.4. The van der Waals surface area contributed by atoms with Crippen LogP contribution in [0.25, 0.3) is 0 Å². The smallest absolute Gasteiger partial charge is 0.327 e. The molecule has 0 spiro atoms. The average molecular weight is 741 g/mol. The molecule has 4 amide bonds. The zero-order valence-corrected chi connectivity index (χ0v) is 30.0. The number of carbonyl (C=O) groups excluding carboxylic acids is 5. The van der Waals surface area contributed by atoms with Crippen molar-refractivity contribution in [1.82, 2.24) is 31.5 Å². The van der Waals surface area contributed by atoms with Gasteiger partial charge in [0.1, 0.15) is 18.1 Å². The number of hydrogen-bond donors (Lipinski definition) is 8. The van der Waals surface area contributed by atoms with Gasteiger partial charge in [0, 0.05) is 28.9 Å². The first kappa shape index (κ1) is 40.9. The number of carboxylic acid groups (broad SMARTS) is 2. The summed E-state index contributed by atoms with van der Waals surface area (Å²) in [7, 11) is 4.58. The van der Waals surface area contributed by atoms with Crippen LogP contribution >= 0.6 is 43.2 Å². The third-order valence-corrected chi connectivity index (χ3v) is 12.0. The van der Waals surface area contributed by atoms with Crippen LogP contribution < -0.4 is 26.6 Å². The number of nitrogens with one attached hydrogen (secondary N) is 5. The van der Waals surface area contributed by atoms with Crippen LogP contribution in [0.15, 0.2) is 0 Å². The Labute approximate surface area is 289 Å². The maximum absolute atomic E-state index is 13.4. The van der Waals surface area contributed by atoms with Gasteiger partial charge in [0.15, 0.2) is 5.78 Å². The third-order valence-electron chi connectivity index (χ3n) is 7.17. The van der Waals surface area contributed by atoms with E-state index in [4.69, 9.17) is 0 Å². The molecule has 8 N–H and O–H groups in total. The van der Waals surface area contributed by atoms with Crippen molar-refractivity contribution in [1.29, 1.82) is 0 Å². The van der Waals surface area contributed by atoms with Crippen molar-refractivity contribution in [2.24, 2.45) is 5.92 Å². The average Bonchev–Trinajstić information content (AvgIpc) is 3.25. The molecule has 266 valence electrons. The normalized spacial score (nSPS) is 29.9. The van der Waals surface area contributed by atoms with E-state index in [-0.39, 0.29) is 28.8 Å². The number of amides is 4. The van der Waals surface area contributed by atoms with E-state index < -0.39 is 96.4 Å². The van der Waals surface area contributed by atoms with E-state index >= 15 is 0 Å². The highest BCUT2D eigenvalue weighted by Crippen LogP contribution is 2.28. The molecule has 0 aromatic rings. The van der Waals surface area contributed by atoms with Crippen LogP contribution in [0, 0.1) is 5.92 Å². The predicted molar refractivity (Wildman–Crippen MR) is 182 cm³/mol. The molecule has 2 bridgehead atoms. The minimum atomic E-state index is -1.49. The molecular weight excluding hydrogens is 697 g/mol. The lowest BCUT2D eigenvalue weighted by Crippen LogP contribution is -2.59. The Morgan fingerprint density at radius 1 is 0.872 bits per heavy atom. The van der Waals surface area contributed by atoms with E-state index in [1.54, 1.807) is 27.7 Å². The zero-order chi connectivity index (χ0) is 35.4. The molecule has 2 saturated heterocycles. The van der Waals surface area contributed by atoms with E-state index in [9.17, 15) is 48.9 Å². The molecule has 8 atom stereocenters. The fraction of sp³-hybridized carbons (Fsp3) is 0.741. The van der Waals surface area contributed by atoms with Crippen LogP contribution in [-0.4, -0.2) is 140 Å². The van der Waals surface area contributed by atoms with Crippen molar-refractivity contribution in [3.05, 3.63) is 0 Å². The topological polar surface area (TPSA) is 244 Å². The Kier molecular flexibility index (Phi) is 17.2. The SMILES string of the molecule is CCN[C@H]1CSSC[C@@H]2NC(C)N(C2=O)[C@@H]([C@@H](C)O)C(=O)N[C@H](C(=O)O)CSSC[C@@H](C(=O)C(C)C)NC(=O)[C@H](CC(=O)O)NC1=O. The summed E-state index contributed by atoms with van der Waals surface area (Å²) in [5, 5.41) is 43.3. The van der Waals surface area contributed by atoms with Gasteiger partial charge in [-0.15, -0.1) is 0 Å². The number of Topliss-reactive ketones (excluding diaryl/α,β-unsaturated/α-hetero) is 1. The van der Waals surface area contributed by atoms with E-state index in [1.807, 2.05) is 0 Å². The number of nitrogens with zero attached hydrogens (tertiary/aromatic N) is 1. The monoisotopic (exact) mass is 740 g/mol. The summed E-state index contributed by atoms with van der Waals surface area (Å²) in [6.45, 7) is 8.39. The van der Waals surface area contributed by atoms with Crippen LogP contribution in [0.3, 0.4) is 0 Å². The Balaban J connectivity index is 2.41. The number of likely N-dealkylation sites (N-methyl/N-ethyl adjacent to an activating group) is 1. The van der Waals surface area contributed by atoms with Gasteiger partial charge in [-0.05, 0) is 20.4 Å². The molecule has 0 radical (unpaired) electrons. The summed E-state index contributed by atoms with van der Waals surface area (Å²) < 4.78 is 0. The number of aliphatic hydroxyl groups is 1. The molecule has 0 saturated carbocycles. The van der Waals surface area contributed by atoms with Crippen LogP contribution in [0.1, 0.15) is 41.0 Å². The summed E-state index contributed by atoms with van der Waals surface area (Å²) >= 11 is 0. The second kappa shape index (κ2) is 19.7. The summed E-state index contributed by atoms with van der Waals surface area (Å²) in [5.41, 5.74) is 0. The molecular formula is C27H44N6O10S4. The molecule has 16 nitrogen and oxygen atoms in total. The summed E-state index contributed by atoms with van der Waals surface area (Å²) in [6, 6.07) is -6.95. The van der Waals surface area contributed by atoms with Gasteiger partial charge in [0.05, 0.1) is 36.8 Å². The van der Waals surface area contributed by atoms with Gasteiger partial charge in [-0.25, -0.2) is 4.79 Å². The van der Waals surface area contributed by atoms with Crippen LogP contribution in [-0.2, 0) is 33.6 Å². The highest BCUT2D eigenvalue weighted by Gasteiger charge is 2.45. The second-order valence-corrected chi connectivity index (χ2v) is 16.4. The van der Waals surface area contributed by atoms with Crippen LogP contribution in [0.5, 0.6) is 0 Å². The number of hydrogen-bond acceptors (Lipinski definition) is 14. The van der Waals surface area contributed by atoms with Crippen molar-refractivity contribution >= 4 is 84.5 Å². The van der Waals surface area contributed by atoms with Gasteiger partial charge >= 0.3 is 11.9 Å². The quantitative estimate of drug-likeness (QED) is 0.137. The van der Waals surface area contributed by atoms with Crippen molar-refractivity contribution in [2.45, 2.75) is 89.6 Å². The lowest BCUT2D eigenvalue weighted by atomic mass is 10.0. The standard InChI is InChI=1S/C27H44N6O10S4/c1-6-28-17-9-45-46-10-18-26(41)33(14(5)29-18)21(13(4)34)25(40)32-19(27(42)43)11-47-44-8-16(22(37)12(2)3)31-23(38)15(7-20(35)36)30-24(17)39/h12-19,21,28-29,34H,6-11H2,1-5H3,(H,30,39)(H,31,38)(H,32,40)(H,35,36)(H,42,43)/t13-,14?,15+,16+,17+,18+,19+,21+/m1/s1. The molecule has 2 rings (SSSR count). The van der Waals surface area contributed by atoms with E-state index in [1.165, 1.54) is 33.4 Å². The van der Waals surface area contributed by atoms with Crippen molar-refractivity contribution in [2.75, 3.05) is 29.6 Å². The van der Waals surface area contributed by atoms with Crippen LogP contribution in [0.4, 0.5) is 0 Å². The number of fused-ring (bicyclic) bond motifs is 2. The number of ketones is 1. The van der Waals surface area contributed by atoms with Gasteiger partial charge in [-0.1, -0.05) is 63.9 Å². The molecule has 0 aliphatic carbocycles. The first-order chi connectivity index (χ1) is 22.1. The third kappa shape index (κ3) is 12.3. The van der Waals surface area contributed by atoms with Gasteiger partial charge in [-0.3, -0.25) is 34.1 Å². The first-order valence-electron chi connectivity index (χ1n) is 15.0. The molecule has 2 fully saturated rings. The fourth-order valence-electron chi connectivity index (χ4n) is 4.78. The molecule has 20 heteroatoms.